The second-order valence-corrected chi connectivity index (χ2v) is 14.1. The van der Waals surface area contributed by atoms with Crippen molar-refractivity contribution in [1.29, 1.82) is 0 Å². The number of fused-ring (bicyclic) bond motifs is 9. The van der Waals surface area contributed by atoms with Crippen molar-refractivity contribution in [1.82, 2.24) is 0 Å². The minimum Gasteiger partial charge on any atom is -0.0616 e. The molecule has 0 radical (unpaired) electrons. The molecule has 0 unspecified atom stereocenters. The minimum absolute atomic E-state index is 0.0833. The van der Waals surface area contributed by atoms with Gasteiger partial charge >= 0.3 is 0 Å². The maximum absolute atomic E-state index is 2.44. The zero-order valence-corrected chi connectivity index (χ0v) is 27.7. The minimum atomic E-state index is -0.0833. The topological polar surface area (TPSA) is 0 Å². The number of benzene rings is 9. The Labute approximate surface area is 286 Å². The Balaban J connectivity index is 1.09. The highest BCUT2D eigenvalue weighted by molar-refractivity contribution is 6.20. The molecule has 0 saturated carbocycles. The van der Waals surface area contributed by atoms with E-state index in [2.05, 4.69) is 184 Å². The molecule has 49 heavy (non-hydrogen) atoms. The van der Waals surface area contributed by atoms with Gasteiger partial charge in [0.2, 0.25) is 0 Å². The van der Waals surface area contributed by atoms with Crippen LogP contribution < -0.4 is 0 Å². The summed E-state index contributed by atoms with van der Waals surface area (Å²) in [4.78, 5) is 0. The van der Waals surface area contributed by atoms with Crippen LogP contribution in [0.15, 0.2) is 170 Å². The maximum Gasteiger partial charge on any atom is 0.0165 e. The SMILES string of the molecule is CC1(C)c2cc(-c3cccc(-c4cccc(-c5c6ccccc6cc6c5ccc5ccccc56)c4)c3)ccc2-c2ccc3ccccc3c21. The molecule has 1 aliphatic carbocycles. The third-order valence-electron chi connectivity index (χ3n) is 11.0. The Morgan fingerprint density at radius 1 is 0.327 bits per heavy atom. The zero-order chi connectivity index (χ0) is 32.7. The largest absolute Gasteiger partial charge is 0.0616 e. The van der Waals surface area contributed by atoms with Gasteiger partial charge in [0.1, 0.15) is 0 Å². The van der Waals surface area contributed by atoms with Crippen LogP contribution in [0.1, 0.15) is 25.0 Å². The van der Waals surface area contributed by atoms with Crippen LogP contribution in [0, 0.1) is 0 Å². The summed E-state index contributed by atoms with van der Waals surface area (Å²) < 4.78 is 0. The average molecular weight is 623 g/mol. The van der Waals surface area contributed by atoms with Gasteiger partial charge in [0, 0.05) is 5.41 Å². The Morgan fingerprint density at radius 3 is 1.63 bits per heavy atom. The molecule has 0 nitrogen and oxygen atoms in total. The van der Waals surface area contributed by atoms with E-state index in [1.807, 2.05) is 0 Å². The van der Waals surface area contributed by atoms with Crippen LogP contribution in [0.2, 0.25) is 0 Å². The van der Waals surface area contributed by atoms with Crippen molar-refractivity contribution in [2.24, 2.45) is 0 Å². The first-order chi connectivity index (χ1) is 24.0. The molecule has 0 atom stereocenters. The highest BCUT2D eigenvalue weighted by atomic mass is 14.4. The molecule has 0 amide bonds. The van der Waals surface area contributed by atoms with Gasteiger partial charge in [-0.1, -0.05) is 159 Å². The first-order valence-corrected chi connectivity index (χ1v) is 17.3. The lowest BCUT2D eigenvalue weighted by atomic mass is 9.79. The summed E-state index contributed by atoms with van der Waals surface area (Å²) in [5.74, 6) is 0. The van der Waals surface area contributed by atoms with Crippen LogP contribution in [0.3, 0.4) is 0 Å². The molecule has 9 aromatic rings. The van der Waals surface area contributed by atoms with Crippen LogP contribution in [0.5, 0.6) is 0 Å². The smallest absolute Gasteiger partial charge is 0.0165 e. The third kappa shape index (κ3) is 4.24. The van der Waals surface area contributed by atoms with Gasteiger partial charge in [-0.2, -0.15) is 0 Å². The van der Waals surface area contributed by atoms with E-state index in [9.17, 15) is 0 Å². The van der Waals surface area contributed by atoms with Gasteiger partial charge in [0.05, 0.1) is 0 Å². The standard InChI is InChI=1S/C49H34/c1-49(2)46-30-36(23-24-42(46)44-26-22-32-12-4-8-20-41(32)48(44)49)34-15-9-14-33(27-34)35-16-10-17-38(28-35)47-40-19-7-5-13-37(40)29-45-39-18-6-3-11-31(39)21-25-43(45)47/h3-30H,1-2H3. The maximum atomic E-state index is 2.44. The summed E-state index contributed by atoms with van der Waals surface area (Å²) in [6.45, 7) is 4.77. The van der Waals surface area contributed by atoms with E-state index in [0.29, 0.717) is 0 Å². The van der Waals surface area contributed by atoms with Crippen molar-refractivity contribution in [2.45, 2.75) is 19.3 Å². The van der Waals surface area contributed by atoms with Crippen LogP contribution in [-0.4, -0.2) is 0 Å². The summed E-state index contributed by atoms with van der Waals surface area (Å²) in [6.07, 6.45) is 0. The molecule has 0 aromatic heterocycles. The first kappa shape index (κ1) is 28.1. The third-order valence-corrected chi connectivity index (χ3v) is 11.0. The van der Waals surface area contributed by atoms with Crippen LogP contribution >= 0.6 is 0 Å². The highest BCUT2D eigenvalue weighted by Crippen LogP contribution is 2.52. The molecule has 0 bridgehead atoms. The lowest BCUT2D eigenvalue weighted by Gasteiger charge is -2.23. The van der Waals surface area contributed by atoms with Crippen molar-refractivity contribution in [3.63, 3.8) is 0 Å². The van der Waals surface area contributed by atoms with Crippen molar-refractivity contribution >= 4 is 43.1 Å². The van der Waals surface area contributed by atoms with Gasteiger partial charge in [-0.05, 0) is 123 Å². The van der Waals surface area contributed by atoms with E-state index < -0.39 is 0 Å². The quantitative estimate of drug-likeness (QED) is 0.136. The van der Waals surface area contributed by atoms with E-state index in [0.717, 1.165) is 0 Å². The average Bonchev–Trinajstić information content (AvgIpc) is 3.39. The second kappa shape index (κ2) is 10.5. The molecular formula is C49H34. The molecule has 0 heterocycles. The normalized spacial score (nSPS) is 13.3. The summed E-state index contributed by atoms with van der Waals surface area (Å²) in [5, 5.41) is 10.4. The molecule has 0 spiro atoms. The fourth-order valence-electron chi connectivity index (χ4n) is 8.64. The van der Waals surface area contributed by atoms with Crippen molar-refractivity contribution in [3.8, 4) is 44.5 Å². The first-order valence-electron chi connectivity index (χ1n) is 17.3. The molecular weight excluding hydrogens is 589 g/mol. The monoisotopic (exact) mass is 622 g/mol. The summed E-state index contributed by atoms with van der Waals surface area (Å²) in [7, 11) is 0. The van der Waals surface area contributed by atoms with Crippen LogP contribution in [0.25, 0.3) is 87.6 Å². The lowest BCUT2D eigenvalue weighted by molar-refractivity contribution is 0.666. The number of hydrogen-bond acceptors (Lipinski definition) is 0. The molecule has 9 aromatic carbocycles. The van der Waals surface area contributed by atoms with Crippen molar-refractivity contribution in [2.75, 3.05) is 0 Å². The number of hydrogen-bond donors (Lipinski definition) is 0. The zero-order valence-electron chi connectivity index (χ0n) is 27.7. The Kier molecular flexibility index (Phi) is 6.02. The Morgan fingerprint density at radius 2 is 0.878 bits per heavy atom. The van der Waals surface area contributed by atoms with E-state index in [1.165, 1.54) is 98.7 Å². The second-order valence-electron chi connectivity index (χ2n) is 14.1. The summed E-state index contributed by atoms with van der Waals surface area (Å²) >= 11 is 0. The van der Waals surface area contributed by atoms with Gasteiger partial charge in [-0.15, -0.1) is 0 Å². The van der Waals surface area contributed by atoms with Crippen LogP contribution in [-0.2, 0) is 5.41 Å². The fourth-order valence-corrected chi connectivity index (χ4v) is 8.64. The van der Waals surface area contributed by atoms with Crippen LogP contribution in [0.4, 0.5) is 0 Å². The molecule has 1 aliphatic rings. The highest BCUT2D eigenvalue weighted by Gasteiger charge is 2.37. The summed E-state index contributed by atoms with van der Waals surface area (Å²) in [5.41, 5.74) is 13.0. The molecule has 0 aliphatic heterocycles. The summed E-state index contributed by atoms with van der Waals surface area (Å²) in [6, 6.07) is 63.1. The fraction of sp³-hybridized carbons (Fsp3) is 0.0612. The lowest BCUT2D eigenvalue weighted by Crippen LogP contribution is -2.15. The molecule has 0 N–H and O–H groups in total. The van der Waals surface area contributed by atoms with E-state index in [1.54, 1.807) is 0 Å². The van der Waals surface area contributed by atoms with Gasteiger partial charge in [0.25, 0.3) is 0 Å². The Bertz CT molecular complexity index is 2800. The Hall–Kier alpha value is -5.98. The number of rotatable bonds is 3. The predicted octanol–water partition coefficient (Wildman–Crippen LogP) is 13.6. The molecule has 0 saturated heterocycles. The molecule has 10 rings (SSSR count). The van der Waals surface area contributed by atoms with Gasteiger partial charge in [-0.3, -0.25) is 0 Å². The molecule has 0 fully saturated rings. The van der Waals surface area contributed by atoms with Gasteiger partial charge < -0.3 is 0 Å². The predicted molar refractivity (Wildman–Crippen MR) is 210 cm³/mol. The van der Waals surface area contributed by atoms with Crippen molar-refractivity contribution < 1.29 is 0 Å². The van der Waals surface area contributed by atoms with E-state index in [4.69, 9.17) is 0 Å². The van der Waals surface area contributed by atoms with E-state index in [-0.39, 0.29) is 5.41 Å². The van der Waals surface area contributed by atoms with Crippen molar-refractivity contribution in [3.05, 3.63) is 181 Å². The van der Waals surface area contributed by atoms with E-state index >= 15 is 0 Å². The molecule has 0 heteroatoms. The molecule has 230 valence electrons. The van der Waals surface area contributed by atoms with Gasteiger partial charge in [0.15, 0.2) is 0 Å². The van der Waals surface area contributed by atoms with Gasteiger partial charge in [-0.25, -0.2) is 0 Å².